The van der Waals surface area contributed by atoms with Gasteiger partial charge in [0.25, 0.3) is 0 Å². The molecule has 3 aromatic rings. The van der Waals surface area contributed by atoms with Crippen LogP contribution in [0.15, 0.2) is 42.5 Å². The van der Waals surface area contributed by atoms with Crippen molar-refractivity contribution in [1.29, 1.82) is 0 Å². The van der Waals surface area contributed by atoms with Crippen molar-refractivity contribution < 1.29 is 77.7 Å². The maximum atomic E-state index is 14.1. The first-order valence-corrected chi connectivity index (χ1v) is 16.0. The molecule has 51 heavy (non-hydrogen) atoms. The number of fused-ring (bicyclic) bond motifs is 1. The van der Waals surface area contributed by atoms with Crippen LogP contribution >= 0.6 is 0 Å². The number of halogens is 1. The summed E-state index contributed by atoms with van der Waals surface area (Å²) in [5, 5.41) is 61.0. The average Bonchev–Trinajstić information content (AvgIpc) is 3.09. The molecule has 1 aliphatic rings. The van der Waals surface area contributed by atoms with Gasteiger partial charge in [0, 0.05) is 24.2 Å². The molecule has 1 aliphatic heterocycles. The third kappa shape index (κ3) is 11.2. The number of esters is 1. The Morgan fingerprint density at radius 1 is 0.686 bits per heavy atom. The lowest BCUT2D eigenvalue weighted by Gasteiger charge is -2.39. The summed E-state index contributed by atoms with van der Waals surface area (Å²) in [6.45, 7) is 3.71. The molecular weight excluding hydrogens is 681 g/mol. The summed E-state index contributed by atoms with van der Waals surface area (Å²) in [4.78, 5) is 13.3. The van der Waals surface area contributed by atoms with Gasteiger partial charge in [-0.1, -0.05) is 0 Å². The number of carbonyl (C=O) groups is 1. The number of nitrogens with two attached hydrogens (primary N) is 1. The first-order valence-electron chi connectivity index (χ1n) is 16.0. The van der Waals surface area contributed by atoms with Crippen LogP contribution < -0.4 is 10.5 Å². The van der Waals surface area contributed by atoms with Gasteiger partial charge in [-0.2, -0.15) is 0 Å². The third-order valence-electron chi connectivity index (χ3n) is 7.36. The maximum Gasteiger partial charge on any atom is 0.338 e. The molecule has 0 aromatic heterocycles. The van der Waals surface area contributed by atoms with E-state index in [2.05, 4.69) is 0 Å². The third-order valence-corrected chi connectivity index (χ3v) is 7.36. The van der Waals surface area contributed by atoms with Crippen LogP contribution in [0.1, 0.15) is 33.7 Å². The van der Waals surface area contributed by atoms with Crippen molar-refractivity contribution in [1.82, 2.24) is 0 Å². The van der Waals surface area contributed by atoms with Crippen LogP contribution in [-0.2, 0) is 33.2 Å². The summed E-state index contributed by atoms with van der Waals surface area (Å²) in [5.74, 6) is -6.05. The zero-order chi connectivity index (χ0) is 36.8. The lowest BCUT2D eigenvalue weighted by atomic mass is 9.90. The Hall–Kier alpha value is -4.62. The van der Waals surface area contributed by atoms with Crippen LogP contribution in [0.5, 0.6) is 40.2 Å². The molecule has 16 nitrogen and oxygen atoms in total. The second kappa shape index (κ2) is 19.7. The lowest BCUT2D eigenvalue weighted by Crippen LogP contribution is -2.40. The highest BCUT2D eigenvalue weighted by atomic mass is 19.1. The van der Waals surface area contributed by atoms with Crippen molar-refractivity contribution in [3.05, 3.63) is 65.0 Å². The molecule has 0 aliphatic carbocycles. The van der Waals surface area contributed by atoms with Crippen molar-refractivity contribution in [2.45, 2.75) is 18.3 Å². The molecule has 4 rings (SSSR count). The van der Waals surface area contributed by atoms with E-state index in [4.69, 9.17) is 43.6 Å². The number of phenolic OH excluding ortho intramolecular Hbond substituents is 6. The Morgan fingerprint density at radius 3 is 1.78 bits per heavy atom. The van der Waals surface area contributed by atoms with E-state index in [0.29, 0.717) is 52.8 Å². The fourth-order valence-corrected chi connectivity index (χ4v) is 4.98. The van der Waals surface area contributed by atoms with Crippen LogP contribution in [0.3, 0.4) is 0 Å². The molecule has 0 bridgehead atoms. The normalized spacial score (nSPS) is 16.8. The summed E-state index contributed by atoms with van der Waals surface area (Å²) >= 11 is 0. The quantitative estimate of drug-likeness (QED) is 0.0475. The Kier molecular flexibility index (Phi) is 15.1. The summed E-state index contributed by atoms with van der Waals surface area (Å²) in [7, 11) is 0. The van der Waals surface area contributed by atoms with Crippen LogP contribution in [0, 0.1) is 5.82 Å². The molecule has 0 saturated heterocycles. The van der Waals surface area contributed by atoms with Crippen LogP contribution in [0.4, 0.5) is 4.39 Å². The van der Waals surface area contributed by atoms with E-state index < -0.39 is 58.8 Å². The Bertz CT molecular complexity index is 1550. The van der Waals surface area contributed by atoms with Gasteiger partial charge in [0.1, 0.15) is 23.4 Å². The number of hydrogen-bond acceptors (Lipinski definition) is 16. The van der Waals surface area contributed by atoms with E-state index in [9.17, 15) is 39.8 Å². The average molecular weight is 724 g/mol. The predicted molar refractivity (Wildman–Crippen MR) is 174 cm³/mol. The maximum absolute atomic E-state index is 14.1. The Balaban J connectivity index is 1.38. The van der Waals surface area contributed by atoms with Gasteiger partial charge in [-0.15, -0.1) is 0 Å². The smallest absolute Gasteiger partial charge is 0.338 e. The molecule has 8 N–H and O–H groups in total. The Labute approximate surface area is 292 Å². The van der Waals surface area contributed by atoms with Gasteiger partial charge < -0.3 is 74.3 Å². The van der Waals surface area contributed by atoms with E-state index in [-0.39, 0.29) is 54.6 Å². The van der Waals surface area contributed by atoms with Crippen molar-refractivity contribution in [2.24, 2.45) is 5.73 Å². The molecule has 1 heterocycles. The van der Waals surface area contributed by atoms with Gasteiger partial charge in [-0.05, 0) is 30.3 Å². The molecule has 0 fully saturated rings. The number of hydrogen-bond donors (Lipinski definition) is 7. The summed E-state index contributed by atoms with van der Waals surface area (Å²) in [5.41, 5.74) is 5.04. The van der Waals surface area contributed by atoms with Crippen molar-refractivity contribution in [3.63, 3.8) is 0 Å². The highest BCUT2D eigenvalue weighted by Gasteiger charge is 2.45. The molecule has 3 atom stereocenters. The molecular formula is C34H42FNO15. The largest absolute Gasteiger partial charge is 0.508 e. The van der Waals surface area contributed by atoms with E-state index in [1.54, 1.807) is 0 Å². The highest BCUT2D eigenvalue weighted by molar-refractivity contribution is 5.89. The predicted octanol–water partition coefficient (Wildman–Crippen LogP) is 2.52. The number of aromatic hydroxyl groups is 6. The highest BCUT2D eigenvalue weighted by Crippen LogP contribution is 2.51. The second-order valence-electron chi connectivity index (χ2n) is 11.0. The SMILES string of the molecule is NCCOCCOCCOCCOCCOCCOC1c2c(O)cc(O)cc2OC(c2cc(O)c(O)c(O)c2)C1OC(=O)c1ccc(O)c(F)c1. The van der Waals surface area contributed by atoms with E-state index >= 15 is 0 Å². The van der Waals surface area contributed by atoms with Crippen LogP contribution in [-0.4, -0.2) is 122 Å². The molecule has 0 spiro atoms. The number of ether oxygens (including phenoxy) is 8. The van der Waals surface area contributed by atoms with E-state index in [1.807, 2.05) is 0 Å². The minimum absolute atomic E-state index is 0.00241. The second-order valence-corrected chi connectivity index (χ2v) is 11.0. The first kappa shape index (κ1) is 39.2. The van der Waals surface area contributed by atoms with Gasteiger partial charge in [0.2, 0.25) is 0 Å². The van der Waals surface area contributed by atoms with Crippen LogP contribution in [0.25, 0.3) is 0 Å². The van der Waals surface area contributed by atoms with Gasteiger partial charge in [-0.3, -0.25) is 0 Å². The summed E-state index contributed by atoms with van der Waals surface area (Å²) in [6.07, 6.45) is -4.19. The minimum Gasteiger partial charge on any atom is -0.508 e. The summed E-state index contributed by atoms with van der Waals surface area (Å²) < 4.78 is 59.1. The number of carbonyl (C=O) groups excluding carboxylic acids is 1. The zero-order valence-electron chi connectivity index (χ0n) is 27.6. The lowest BCUT2D eigenvalue weighted by molar-refractivity contribution is -0.118. The van der Waals surface area contributed by atoms with Gasteiger partial charge in [0.05, 0.1) is 83.8 Å². The van der Waals surface area contributed by atoms with Crippen molar-refractivity contribution in [2.75, 3.05) is 79.2 Å². The van der Waals surface area contributed by atoms with Crippen molar-refractivity contribution in [3.8, 4) is 40.2 Å². The van der Waals surface area contributed by atoms with Crippen LogP contribution in [0.2, 0.25) is 0 Å². The Morgan fingerprint density at radius 2 is 1.24 bits per heavy atom. The molecule has 0 radical (unpaired) electrons. The number of rotatable bonds is 21. The van der Waals surface area contributed by atoms with E-state index in [1.165, 1.54) is 6.07 Å². The zero-order valence-corrected chi connectivity index (χ0v) is 27.6. The van der Waals surface area contributed by atoms with Crippen molar-refractivity contribution >= 4 is 5.97 Å². The van der Waals surface area contributed by atoms with Gasteiger partial charge in [-0.25, -0.2) is 9.18 Å². The molecule has 3 unspecified atom stereocenters. The number of benzene rings is 3. The molecule has 280 valence electrons. The summed E-state index contributed by atoms with van der Waals surface area (Å²) in [6, 6.07) is 7.14. The molecule has 0 saturated carbocycles. The molecule has 0 amide bonds. The molecule has 3 aromatic carbocycles. The monoisotopic (exact) mass is 723 g/mol. The number of phenols is 6. The van der Waals surface area contributed by atoms with Gasteiger partial charge >= 0.3 is 5.97 Å². The van der Waals surface area contributed by atoms with E-state index in [0.717, 1.165) is 36.4 Å². The standard InChI is InChI=1S/C34H42FNO15/c35-23-15-20(1-2-24(23)38)34(43)51-33-31(21-16-26(40)30(42)27(41)17-21)50-28-19-22(37)18-25(39)29(28)32(33)49-14-13-48-12-11-47-10-9-46-8-7-45-6-5-44-4-3-36/h1-2,15-19,31-33,37-42H,3-14,36H2. The topological polar surface area (TPSA) is 238 Å². The molecule has 17 heteroatoms. The first-order chi connectivity index (χ1) is 24.6. The minimum atomic E-state index is -1.49. The fraction of sp³-hybridized carbons (Fsp3) is 0.441. The fourth-order valence-electron chi connectivity index (χ4n) is 4.98. The van der Waals surface area contributed by atoms with Gasteiger partial charge in [0.15, 0.2) is 41.0 Å².